The van der Waals surface area contributed by atoms with Crippen molar-refractivity contribution in [1.82, 2.24) is 15.0 Å². The van der Waals surface area contributed by atoms with Gasteiger partial charge in [-0.15, -0.1) is 0 Å². The molecule has 8 nitrogen and oxygen atoms in total. The van der Waals surface area contributed by atoms with Crippen molar-refractivity contribution in [3.8, 4) is 16.9 Å². The van der Waals surface area contributed by atoms with Gasteiger partial charge in [-0.05, 0) is 62.6 Å². The SMILES string of the molecule is CCc1nc(N)nc(N)c1-c1ccc(Cl)cc1.COc1cc(NC(C)CCCN)c2ncccc2c1. The molecule has 2 aromatic heterocycles. The van der Waals surface area contributed by atoms with Crippen molar-refractivity contribution in [2.45, 2.75) is 39.2 Å². The average molecular weight is 508 g/mol. The van der Waals surface area contributed by atoms with Gasteiger partial charge < -0.3 is 27.3 Å². The van der Waals surface area contributed by atoms with E-state index in [0.717, 1.165) is 65.0 Å². The van der Waals surface area contributed by atoms with Gasteiger partial charge in [0, 0.05) is 34.3 Å². The maximum absolute atomic E-state index is 5.90. The summed E-state index contributed by atoms with van der Waals surface area (Å²) < 4.78 is 5.34. The number of anilines is 3. The van der Waals surface area contributed by atoms with E-state index >= 15 is 0 Å². The Morgan fingerprint density at radius 3 is 2.50 bits per heavy atom. The number of hydrogen-bond donors (Lipinski definition) is 4. The van der Waals surface area contributed by atoms with E-state index in [9.17, 15) is 0 Å². The number of nitrogens with two attached hydrogens (primary N) is 3. The van der Waals surface area contributed by atoms with Gasteiger partial charge in [0.1, 0.15) is 11.6 Å². The van der Waals surface area contributed by atoms with E-state index in [0.29, 0.717) is 16.9 Å². The molecule has 0 saturated carbocycles. The summed E-state index contributed by atoms with van der Waals surface area (Å²) in [6, 6.07) is 15.7. The number of ether oxygens (including phenoxy) is 1. The van der Waals surface area contributed by atoms with Crippen molar-refractivity contribution in [1.29, 1.82) is 0 Å². The van der Waals surface area contributed by atoms with Crippen molar-refractivity contribution in [2.24, 2.45) is 5.73 Å². The lowest BCUT2D eigenvalue weighted by atomic mass is 10.0. The van der Waals surface area contributed by atoms with E-state index in [2.05, 4.69) is 27.2 Å². The van der Waals surface area contributed by atoms with Crippen molar-refractivity contribution in [3.05, 3.63) is 65.4 Å². The third-order valence-electron chi connectivity index (χ3n) is 5.65. The normalized spacial score (nSPS) is 11.5. The van der Waals surface area contributed by atoms with Crippen LogP contribution in [0.4, 0.5) is 17.5 Å². The standard InChI is InChI=1S/C15H21N3O.C12H13ClN4/c1-11(5-3-7-16)18-14-10-13(19-2)9-12-6-4-8-17-15(12)14;1-2-9-10(11(14)17-12(15)16-9)7-3-5-8(13)6-4-7/h4,6,8-11,18H,3,5,7,16H2,1-2H3;3-6H,2H2,1H3,(H4,14,15,16,17). The number of nitrogens with one attached hydrogen (secondary N) is 1. The van der Waals surface area contributed by atoms with E-state index in [4.69, 9.17) is 33.5 Å². The lowest BCUT2D eigenvalue weighted by molar-refractivity contribution is 0.415. The highest BCUT2D eigenvalue weighted by Gasteiger charge is 2.12. The number of nitrogens with zero attached hydrogens (tertiary/aromatic N) is 3. The van der Waals surface area contributed by atoms with E-state index in [-0.39, 0.29) is 5.95 Å². The number of benzene rings is 2. The highest BCUT2D eigenvalue weighted by molar-refractivity contribution is 6.30. The highest BCUT2D eigenvalue weighted by atomic mass is 35.5. The molecule has 7 N–H and O–H groups in total. The lowest BCUT2D eigenvalue weighted by Crippen LogP contribution is -2.17. The fourth-order valence-electron chi connectivity index (χ4n) is 3.89. The maximum Gasteiger partial charge on any atom is 0.222 e. The second-order valence-corrected chi connectivity index (χ2v) is 8.81. The number of rotatable bonds is 8. The zero-order valence-electron chi connectivity index (χ0n) is 21.0. The fraction of sp³-hybridized carbons (Fsp3) is 0.296. The monoisotopic (exact) mass is 507 g/mol. The Hall–Kier alpha value is -3.62. The number of aryl methyl sites for hydroxylation is 1. The van der Waals surface area contributed by atoms with Gasteiger partial charge in [0.2, 0.25) is 5.95 Å². The van der Waals surface area contributed by atoms with Crippen LogP contribution in [0.25, 0.3) is 22.0 Å². The van der Waals surface area contributed by atoms with Gasteiger partial charge in [-0.25, -0.2) is 4.98 Å². The quantitative estimate of drug-likeness (QED) is 0.252. The Morgan fingerprint density at radius 1 is 1.08 bits per heavy atom. The molecular weight excluding hydrogens is 474 g/mol. The number of methoxy groups -OCH3 is 1. The van der Waals surface area contributed by atoms with Gasteiger partial charge in [-0.2, -0.15) is 4.98 Å². The molecule has 4 rings (SSSR count). The molecule has 0 spiro atoms. The molecule has 2 aromatic carbocycles. The maximum atomic E-state index is 5.90. The van der Waals surface area contributed by atoms with Gasteiger partial charge in [0.15, 0.2) is 0 Å². The van der Waals surface area contributed by atoms with Gasteiger partial charge in [-0.1, -0.05) is 36.7 Å². The van der Waals surface area contributed by atoms with Crippen molar-refractivity contribution in [3.63, 3.8) is 0 Å². The van der Waals surface area contributed by atoms with Crippen LogP contribution in [0.5, 0.6) is 5.75 Å². The Labute approximate surface area is 217 Å². The largest absolute Gasteiger partial charge is 0.497 e. The summed E-state index contributed by atoms with van der Waals surface area (Å²) in [6.07, 6.45) is 4.62. The molecule has 36 heavy (non-hydrogen) atoms. The second kappa shape index (κ2) is 12.9. The molecule has 0 fully saturated rings. The molecule has 2 heterocycles. The predicted octanol–water partition coefficient (Wildman–Crippen LogP) is 5.31. The molecule has 1 atom stereocenters. The first-order chi connectivity index (χ1) is 17.4. The minimum absolute atomic E-state index is 0.206. The van der Waals surface area contributed by atoms with Crippen molar-refractivity contribution >= 4 is 40.0 Å². The van der Waals surface area contributed by atoms with E-state index in [1.807, 2.05) is 61.7 Å². The Bertz CT molecular complexity index is 1280. The van der Waals surface area contributed by atoms with Crippen LogP contribution in [0, 0.1) is 0 Å². The van der Waals surface area contributed by atoms with Gasteiger partial charge in [0.05, 0.1) is 24.0 Å². The first kappa shape index (κ1) is 27.0. The highest BCUT2D eigenvalue weighted by Crippen LogP contribution is 2.30. The van der Waals surface area contributed by atoms with Crippen LogP contribution in [0.3, 0.4) is 0 Å². The topological polar surface area (TPSA) is 138 Å². The number of pyridine rings is 1. The Morgan fingerprint density at radius 2 is 1.83 bits per heavy atom. The summed E-state index contributed by atoms with van der Waals surface area (Å²) in [5.74, 6) is 1.45. The molecule has 4 aromatic rings. The minimum Gasteiger partial charge on any atom is -0.497 e. The summed E-state index contributed by atoms with van der Waals surface area (Å²) in [5, 5.41) is 5.26. The zero-order chi connectivity index (χ0) is 26.1. The molecule has 0 amide bonds. The molecule has 9 heteroatoms. The Kier molecular flexibility index (Phi) is 9.67. The van der Waals surface area contributed by atoms with Gasteiger partial charge >= 0.3 is 0 Å². The number of halogens is 1. The predicted molar refractivity (Wildman–Crippen MR) is 150 cm³/mol. The average Bonchev–Trinajstić information content (AvgIpc) is 2.88. The summed E-state index contributed by atoms with van der Waals surface area (Å²) in [6.45, 7) is 4.88. The fourth-order valence-corrected chi connectivity index (χ4v) is 4.01. The summed E-state index contributed by atoms with van der Waals surface area (Å²) >= 11 is 5.86. The number of hydrogen-bond acceptors (Lipinski definition) is 8. The second-order valence-electron chi connectivity index (χ2n) is 8.38. The van der Waals surface area contributed by atoms with E-state index in [1.54, 1.807) is 7.11 Å². The summed E-state index contributed by atoms with van der Waals surface area (Å²) in [7, 11) is 1.68. The first-order valence-corrected chi connectivity index (χ1v) is 12.3. The van der Waals surface area contributed by atoms with Crippen LogP contribution in [0.1, 0.15) is 32.4 Å². The van der Waals surface area contributed by atoms with Crippen LogP contribution in [0.15, 0.2) is 54.7 Å². The molecule has 0 radical (unpaired) electrons. The van der Waals surface area contributed by atoms with Crippen LogP contribution in [-0.2, 0) is 6.42 Å². The van der Waals surface area contributed by atoms with Crippen molar-refractivity contribution in [2.75, 3.05) is 30.4 Å². The number of aromatic nitrogens is 3. The van der Waals surface area contributed by atoms with Gasteiger partial charge in [0.25, 0.3) is 0 Å². The minimum atomic E-state index is 0.206. The molecule has 1 unspecified atom stereocenters. The Balaban J connectivity index is 0.000000202. The molecule has 190 valence electrons. The third kappa shape index (κ3) is 6.96. The molecular formula is C27H34ClN7O. The molecule has 0 saturated heterocycles. The van der Waals surface area contributed by atoms with Crippen LogP contribution >= 0.6 is 11.6 Å². The van der Waals surface area contributed by atoms with Crippen molar-refractivity contribution < 1.29 is 4.74 Å². The molecule has 0 bridgehead atoms. The first-order valence-electron chi connectivity index (χ1n) is 11.9. The molecule has 0 aliphatic heterocycles. The van der Waals surface area contributed by atoms with Crippen LogP contribution < -0.4 is 27.3 Å². The summed E-state index contributed by atoms with van der Waals surface area (Å²) in [4.78, 5) is 12.6. The number of nitrogen functional groups attached to an aromatic ring is 2. The van der Waals surface area contributed by atoms with Crippen LogP contribution in [-0.4, -0.2) is 34.6 Å². The smallest absolute Gasteiger partial charge is 0.222 e. The van der Waals surface area contributed by atoms with E-state index < -0.39 is 0 Å². The lowest BCUT2D eigenvalue weighted by Gasteiger charge is -2.17. The van der Waals surface area contributed by atoms with Crippen LogP contribution in [0.2, 0.25) is 5.02 Å². The number of fused-ring (bicyclic) bond motifs is 1. The van der Waals surface area contributed by atoms with Gasteiger partial charge in [-0.3, -0.25) is 4.98 Å². The molecule has 0 aliphatic rings. The molecule has 0 aliphatic carbocycles. The zero-order valence-corrected chi connectivity index (χ0v) is 21.7. The van der Waals surface area contributed by atoms with E-state index in [1.165, 1.54) is 0 Å². The summed E-state index contributed by atoms with van der Waals surface area (Å²) in [5.41, 5.74) is 21.6. The third-order valence-corrected chi connectivity index (χ3v) is 5.91.